The fourth-order valence-electron chi connectivity index (χ4n) is 2.44. The van der Waals surface area contributed by atoms with E-state index >= 15 is 0 Å². The minimum atomic E-state index is -0.375. The van der Waals surface area contributed by atoms with Crippen LogP contribution in [0, 0.1) is 0 Å². The molecule has 0 spiro atoms. The van der Waals surface area contributed by atoms with E-state index in [4.69, 9.17) is 0 Å². The summed E-state index contributed by atoms with van der Waals surface area (Å²) in [7, 11) is 0. The van der Waals surface area contributed by atoms with Gasteiger partial charge in [-0.2, -0.15) is 0 Å². The Morgan fingerprint density at radius 2 is 1.00 bits per heavy atom. The Labute approximate surface area is 138 Å². The van der Waals surface area contributed by atoms with Crippen LogP contribution < -0.4 is 0 Å². The average Bonchev–Trinajstić information content (AvgIpc) is 2.61. The van der Waals surface area contributed by atoms with E-state index in [0.717, 1.165) is 0 Å². The lowest BCUT2D eigenvalue weighted by molar-refractivity contribution is 0.103. The van der Waals surface area contributed by atoms with E-state index in [0.29, 0.717) is 0 Å². The van der Waals surface area contributed by atoms with E-state index in [2.05, 4.69) is 0 Å². The van der Waals surface area contributed by atoms with Gasteiger partial charge in [0.2, 0.25) is 0 Å². The zero-order valence-corrected chi connectivity index (χ0v) is 12.6. The van der Waals surface area contributed by atoms with E-state index in [1.165, 1.54) is 30.3 Å². The van der Waals surface area contributed by atoms with Crippen LogP contribution in [0.2, 0.25) is 0 Å². The lowest BCUT2D eigenvalue weighted by atomic mass is 9.97. The van der Waals surface area contributed by atoms with Gasteiger partial charge < -0.3 is 10.2 Å². The second kappa shape index (κ2) is 6.38. The Hall–Kier alpha value is -3.40. The van der Waals surface area contributed by atoms with Gasteiger partial charge in [-0.15, -0.1) is 0 Å². The number of hydrogen-bond acceptors (Lipinski definition) is 4. The summed E-state index contributed by atoms with van der Waals surface area (Å²) in [5.41, 5.74) is 0.921. The highest BCUT2D eigenvalue weighted by Gasteiger charge is 2.17. The molecule has 118 valence electrons. The molecule has 0 aliphatic rings. The second-order valence-electron chi connectivity index (χ2n) is 5.27. The number of phenolic OH excluding ortho intramolecular Hbond substituents is 2. The molecule has 2 N–H and O–H groups in total. The second-order valence-corrected chi connectivity index (χ2v) is 5.27. The summed E-state index contributed by atoms with van der Waals surface area (Å²) < 4.78 is 0. The molecule has 0 fully saturated rings. The molecule has 3 rings (SSSR count). The largest absolute Gasteiger partial charge is 0.507 e. The van der Waals surface area contributed by atoms with Crippen LogP contribution in [0.4, 0.5) is 0 Å². The molecule has 0 aliphatic heterocycles. The molecule has 0 aliphatic carbocycles. The number of ketones is 2. The summed E-state index contributed by atoms with van der Waals surface area (Å²) in [4.78, 5) is 25.0. The average molecular weight is 318 g/mol. The SMILES string of the molecule is O=C(c1cccc(C(=O)c2ccccc2O)c1)c1ccccc1O. The van der Waals surface area contributed by atoms with Gasteiger partial charge in [0.1, 0.15) is 11.5 Å². The Bertz CT molecular complexity index is 855. The van der Waals surface area contributed by atoms with E-state index in [1.807, 2.05) is 0 Å². The molecule has 4 nitrogen and oxygen atoms in total. The first kappa shape index (κ1) is 15.5. The van der Waals surface area contributed by atoms with E-state index in [9.17, 15) is 19.8 Å². The van der Waals surface area contributed by atoms with Gasteiger partial charge in [-0.1, -0.05) is 42.5 Å². The van der Waals surface area contributed by atoms with Crippen LogP contribution in [0.5, 0.6) is 11.5 Å². The van der Waals surface area contributed by atoms with Crippen LogP contribution in [0.15, 0.2) is 72.8 Å². The van der Waals surface area contributed by atoms with Crippen molar-refractivity contribution in [2.24, 2.45) is 0 Å². The normalized spacial score (nSPS) is 10.3. The predicted octanol–water partition coefficient (Wildman–Crippen LogP) is 3.56. The third kappa shape index (κ3) is 2.90. The van der Waals surface area contributed by atoms with E-state index < -0.39 is 0 Å². The number of carbonyl (C=O) groups is 2. The maximum Gasteiger partial charge on any atom is 0.196 e. The van der Waals surface area contributed by atoms with Crippen molar-refractivity contribution in [2.45, 2.75) is 0 Å². The maximum absolute atomic E-state index is 12.5. The number of benzene rings is 3. The van der Waals surface area contributed by atoms with Gasteiger partial charge in [-0.05, 0) is 30.3 Å². The molecule has 0 saturated heterocycles. The summed E-state index contributed by atoms with van der Waals surface area (Å²) in [5.74, 6) is -0.972. The van der Waals surface area contributed by atoms with Crippen molar-refractivity contribution >= 4 is 11.6 Å². The summed E-state index contributed by atoms with van der Waals surface area (Å²) in [6.45, 7) is 0. The first-order valence-electron chi connectivity index (χ1n) is 7.33. The minimum absolute atomic E-state index is 0.111. The monoisotopic (exact) mass is 318 g/mol. The highest BCUT2D eigenvalue weighted by molar-refractivity contribution is 6.14. The summed E-state index contributed by atoms with van der Waals surface area (Å²) in [6.07, 6.45) is 0. The van der Waals surface area contributed by atoms with Crippen molar-refractivity contribution in [3.05, 3.63) is 95.1 Å². The lowest BCUT2D eigenvalue weighted by Crippen LogP contribution is -2.06. The third-order valence-corrected chi connectivity index (χ3v) is 3.68. The van der Waals surface area contributed by atoms with Gasteiger partial charge in [0.15, 0.2) is 11.6 Å². The van der Waals surface area contributed by atoms with Crippen molar-refractivity contribution in [3.8, 4) is 11.5 Å². The van der Waals surface area contributed by atoms with Crippen LogP contribution in [0.3, 0.4) is 0 Å². The molecule has 0 unspecified atom stereocenters. The van der Waals surface area contributed by atoms with E-state index in [1.54, 1.807) is 42.5 Å². The van der Waals surface area contributed by atoms with E-state index in [-0.39, 0.29) is 45.3 Å². The number of rotatable bonds is 4. The number of para-hydroxylation sites is 2. The molecule has 0 heterocycles. The third-order valence-electron chi connectivity index (χ3n) is 3.68. The van der Waals surface area contributed by atoms with Gasteiger partial charge in [-0.25, -0.2) is 0 Å². The number of carbonyl (C=O) groups excluding carboxylic acids is 2. The molecule has 3 aromatic rings. The number of hydrogen-bond donors (Lipinski definition) is 2. The molecule has 4 heteroatoms. The molecule has 0 amide bonds. The molecule has 0 radical (unpaired) electrons. The van der Waals surface area contributed by atoms with Crippen molar-refractivity contribution in [1.29, 1.82) is 0 Å². The molecular weight excluding hydrogens is 304 g/mol. The molecule has 0 aromatic heterocycles. The molecule has 0 atom stereocenters. The fourth-order valence-corrected chi connectivity index (χ4v) is 2.44. The molecule has 24 heavy (non-hydrogen) atoms. The highest BCUT2D eigenvalue weighted by Crippen LogP contribution is 2.23. The first-order chi connectivity index (χ1) is 11.6. The molecule has 0 bridgehead atoms. The zero-order chi connectivity index (χ0) is 17.1. The number of aromatic hydroxyl groups is 2. The van der Waals surface area contributed by atoms with Crippen LogP contribution >= 0.6 is 0 Å². The standard InChI is InChI=1S/C20H14O4/c21-17-10-3-1-8-15(17)19(23)13-6-5-7-14(12-13)20(24)16-9-2-4-11-18(16)22/h1-12,21-22H. The fraction of sp³-hybridized carbons (Fsp3) is 0. The van der Waals surface area contributed by atoms with Crippen molar-refractivity contribution in [1.82, 2.24) is 0 Å². The summed E-state index contributed by atoms with van der Waals surface area (Å²) >= 11 is 0. The highest BCUT2D eigenvalue weighted by atomic mass is 16.3. The molecule has 3 aromatic carbocycles. The molecule has 0 saturated carbocycles. The van der Waals surface area contributed by atoms with Crippen molar-refractivity contribution in [3.63, 3.8) is 0 Å². The van der Waals surface area contributed by atoms with Gasteiger partial charge in [0, 0.05) is 11.1 Å². The Balaban J connectivity index is 1.98. The van der Waals surface area contributed by atoms with Gasteiger partial charge in [0.05, 0.1) is 11.1 Å². The van der Waals surface area contributed by atoms with Gasteiger partial charge in [0.25, 0.3) is 0 Å². The zero-order valence-electron chi connectivity index (χ0n) is 12.6. The van der Waals surface area contributed by atoms with Gasteiger partial charge in [-0.3, -0.25) is 9.59 Å². The Morgan fingerprint density at radius 1 is 0.583 bits per heavy atom. The maximum atomic E-state index is 12.5. The summed E-state index contributed by atoms with van der Waals surface area (Å²) in [5, 5.41) is 19.6. The predicted molar refractivity (Wildman–Crippen MR) is 89.5 cm³/mol. The number of phenols is 2. The smallest absolute Gasteiger partial charge is 0.196 e. The topological polar surface area (TPSA) is 74.6 Å². The Morgan fingerprint density at radius 3 is 1.42 bits per heavy atom. The van der Waals surface area contributed by atoms with Crippen molar-refractivity contribution in [2.75, 3.05) is 0 Å². The minimum Gasteiger partial charge on any atom is -0.507 e. The quantitative estimate of drug-likeness (QED) is 0.721. The van der Waals surface area contributed by atoms with Gasteiger partial charge >= 0.3 is 0 Å². The lowest BCUT2D eigenvalue weighted by Gasteiger charge is -2.07. The molecular formula is C20H14O4. The Kier molecular flexibility index (Phi) is 4.12. The van der Waals surface area contributed by atoms with Crippen LogP contribution in [0.25, 0.3) is 0 Å². The van der Waals surface area contributed by atoms with Crippen LogP contribution in [-0.4, -0.2) is 21.8 Å². The first-order valence-corrected chi connectivity index (χ1v) is 7.33. The van der Waals surface area contributed by atoms with Crippen LogP contribution in [0.1, 0.15) is 31.8 Å². The summed E-state index contributed by atoms with van der Waals surface area (Å²) in [6, 6.07) is 18.7. The van der Waals surface area contributed by atoms with Crippen molar-refractivity contribution < 1.29 is 19.8 Å². The van der Waals surface area contributed by atoms with Crippen LogP contribution in [-0.2, 0) is 0 Å².